The van der Waals surface area contributed by atoms with E-state index in [9.17, 15) is 9.90 Å². The maximum Gasteiger partial charge on any atom is 0.354 e. The number of carbonyl (C=O) groups is 1. The number of benzene rings is 1. The normalized spacial score (nSPS) is 13.8. The van der Waals surface area contributed by atoms with Crippen LogP contribution in [0.2, 0.25) is 0 Å². The smallest absolute Gasteiger partial charge is 0.354 e. The van der Waals surface area contributed by atoms with Gasteiger partial charge in [0.2, 0.25) is 6.79 Å². The van der Waals surface area contributed by atoms with Crippen LogP contribution in [-0.4, -0.2) is 44.2 Å². The molecule has 3 N–H and O–H groups in total. The average molecular weight is 393 g/mol. The van der Waals surface area contributed by atoms with E-state index in [1.54, 1.807) is 6.20 Å². The van der Waals surface area contributed by atoms with E-state index in [-0.39, 0.29) is 12.5 Å². The number of ether oxygens (including phenoxy) is 2. The van der Waals surface area contributed by atoms with E-state index in [2.05, 4.69) is 10.1 Å². The summed E-state index contributed by atoms with van der Waals surface area (Å²) in [6.45, 7) is 1.13. The molecule has 9 nitrogen and oxygen atoms in total. The van der Waals surface area contributed by atoms with E-state index >= 15 is 0 Å². The number of aryl methyl sites for hydroxylation is 2. The number of aromatic carboxylic acids is 1. The van der Waals surface area contributed by atoms with Crippen molar-refractivity contribution in [3.8, 4) is 34.3 Å². The summed E-state index contributed by atoms with van der Waals surface area (Å²) in [6.07, 6.45) is 3.72. The Bertz CT molecular complexity index is 1120. The third-order valence-corrected chi connectivity index (χ3v) is 5.19. The number of aromatic nitrogens is 4. The van der Waals surface area contributed by atoms with Crippen LogP contribution in [-0.2, 0) is 19.4 Å². The van der Waals surface area contributed by atoms with Crippen LogP contribution >= 0.6 is 0 Å². The summed E-state index contributed by atoms with van der Waals surface area (Å²) in [5, 5.41) is 14.3. The van der Waals surface area contributed by atoms with Crippen LogP contribution in [0.3, 0.4) is 0 Å². The van der Waals surface area contributed by atoms with E-state index in [0.717, 1.165) is 16.7 Å². The molecule has 9 heteroatoms. The number of carboxylic acids is 1. The lowest BCUT2D eigenvalue weighted by molar-refractivity contribution is 0.0681. The molecule has 0 unspecified atom stereocenters. The summed E-state index contributed by atoms with van der Waals surface area (Å²) in [5.74, 6) is 0.898. The maximum absolute atomic E-state index is 11.9. The standard InChI is InChI=1S/C20H19N5O4/c21-6-1-7-25-18(20(26)27)13-4-2-12-9-22-19(23-16(12)17(13)24-25)11-3-5-14-15(8-11)29-10-28-14/h3,5,8-9H,1-2,4,6-7,10,21H2,(H,26,27). The number of fused-ring (bicyclic) bond motifs is 4. The second-order valence-electron chi connectivity index (χ2n) is 6.98. The number of hydrogen-bond donors (Lipinski definition) is 2. The van der Waals surface area contributed by atoms with Crippen LogP contribution in [0.25, 0.3) is 22.8 Å². The molecule has 2 aliphatic rings. The van der Waals surface area contributed by atoms with E-state index in [1.165, 1.54) is 4.68 Å². The molecule has 1 aliphatic carbocycles. The molecule has 3 aromatic rings. The van der Waals surface area contributed by atoms with Crippen molar-refractivity contribution in [2.75, 3.05) is 13.3 Å². The zero-order valence-corrected chi connectivity index (χ0v) is 15.6. The second kappa shape index (κ2) is 6.85. The molecule has 0 amide bonds. The number of carboxylic acid groups (broad SMARTS) is 1. The van der Waals surface area contributed by atoms with Crippen molar-refractivity contribution in [3.05, 3.63) is 41.2 Å². The van der Waals surface area contributed by atoms with Crippen molar-refractivity contribution in [3.63, 3.8) is 0 Å². The molecule has 3 heterocycles. The Balaban J connectivity index is 1.60. The lowest BCUT2D eigenvalue weighted by Crippen LogP contribution is -2.14. The van der Waals surface area contributed by atoms with Crippen LogP contribution in [0.4, 0.5) is 0 Å². The minimum atomic E-state index is -0.982. The van der Waals surface area contributed by atoms with Gasteiger partial charge in [0.05, 0.1) is 5.69 Å². The molecular formula is C20H19N5O4. The highest BCUT2D eigenvalue weighted by Gasteiger charge is 2.29. The largest absolute Gasteiger partial charge is 0.477 e. The molecule has 0 radical (unpaired) electrons. The van der Waals surface area contributed by atoms with Crippen molar-refractivity contribution in [1.82, 2.24) is 19.7 Å². The van der Waals surface area contributed by atoms with Gasteiger partial charge in [0, 0.05) is 23.9 Å². The fourth-order valence-corrected chi connectivity index (χ4v) is 3.80. The minimum Gasteiger partial charge on any atom is -0.477 e. The Kier molecular flexibility index (Phi) is 4.17. The topological polar surface area (TPSA) is 125 Å². The number of rotatable bonds is 5. The summed E-state index contributed by atoms with van der Waals surface area (Å²) < 4.78 is 12.3. The van der Waals surface area contributed by atoms with Gasteiger partial charge in [-0.2, -0.15) is 5.10 Å². The average Bonchev–Trinajstić information content (AvgIpc) is 3.35. The monoisotopic (exact) mass is 393 g/mol. The Morgan fingerprint density at radius 1 is 1.21 bits per heavy atom. The fourth-order valence-electron chi connectivity index (χ4n) is 3.80. The number of nitrogens with two attached hydrogens (primary N) is 1. The summed E-state index contributed by atoms with van der Waals surface area (Å²) in [4.78, 5) is 21.1. The summed E-state index contributed by atoms with van der Waals surface area (Å²) in [5.41, 5.74) is 9.60. The van der Waals surface area contributed by atoms with Gasteiger partial charge >= 0.3 is 5.97 Å². The van der Waals surface area contributed by atoms with Crippen molar-refractivity contribution in [2.45, 2.75) is 25.8 Å². The Morgan fingerprint density at radius 3 is 2.90 bits per heavy atom. The molecule has 0 bridgehead atoms. The van der Waals surface area contributed by atoms with Crippen molar-refractivity contribution >= 4 is 5.97 Å². The van der Waals surface area contributed by atoms with Crippen LogP contribution in [0.15, 0.2) is 24.4 Å². The van der Waals surface area contributed by atoms with E-state index in [0.29, 0.717) is 61.1 Å². The highest BCUT2D eigenvalue weighted by molar-refractivity contribution is 5.90. The molecule has 148 valence electrons. The van der Waals surface area contributed by atoms with Crippen molar-refractivity contribution in [2.24, 2.45) is 5.73 Å². The first-order valence-corrected chi connectivity index (χ1v) is 9.45. The summed E-state index contributed by atoms with van der Waals surface area (Å²) in [7, 11) is 0. The van der Waals surface area contributed by atoms with Gasteiger partial charge in [-0.25, -0.2) is 14.8 Å². The third kappa shape index (κ3) is 2.90. The molecule has 1 aliphatic heterocycles. The predicted molar refractivity (Wildman–Crippen MR) is 103 cm³/mol. The number of hydrogen-bond acceptors (Lipinski definition) is 7. The van der Waals surface area contributed by atoms with E-state index in [1.807, 2.05) is 18.2 Å². The van der Waals surface area contributed by atoms with E-state index in [4.69, 9.17) is 20.2 Å². The Hall–Kier alpha value is -3.46. The van der Waals surface area contributed by atoms with Gasteiger partial charge in [-0.05, 0) is 49.6 Å². The van der Waals surface area contributed by atoms with Crippen molar-refractivity contribution < 1.29 is 19.4 Å². The molecule has 1 aromatic carbocycles. The third-order valence-electron chi connectivity index (χ3n) is 5.19. The van der Waals surface area contributed by atoms with Gasteiger partial charge in [-0.3, -0.25) is 4.68 Å². The summed E-state index contributed by atoms with van der Waals surface area (Å²) in [6, 6.07) is 5.55. The molecule has 0 atom stereocenters. The van der Waals surface area contributed by atoms with Crippen LogP contribution in [0.1, 0.15) is 28.0 Å². The zero-order valence-electron chi connectivity index (χ0n) is 15.6. The van der Waals surface area contributed by atoms with Gasteiger partial charge in [-0.15, -0.1) is 0 Å². The first kappa shape index (κ1) is 17.6. The maximum atomic E-state index is 11.9. The lowest BCUT2D eigenvalue weighted by atomic mass is 9.93. The molecule has 5 rings (SSSR count). The molecule has 0 saturated carbocycles. The SMILES string of the molecule is NCCCn1nc2c(c1C(=O)O)CCc1cnc(-c3ccc4c(c3)OCO4)nc1-2. The molecular weight excluding hydrogens is 374 g/mol. The quantitative estimate of drug-likeness (QED) is 0.673. The van der Waals surface area contributed by atoms with Gasteiger partial charge in [0.1, 0.15) is 11.4 Å². The van der Waals surface area contributed by atoms with Crippen LogP contribution in [0, 0.1) is 0 Å². The van der Waals surface area contributed by atoms with Crippen LogP contribution in [0.5, 0.6) is 11.5 Å². The van der Waals surface area contributed by atoms with Crippen molar-refractivity contribution in [1.29, 1.82) is 0 Å². The Labute approximate surface area is 166 Å². The van der Waals surface area contributed by atoms with Gasteiger partial charge < -0.3 is 20.3 Å². The molecule has 2 aromatic heterocycles. The van der Waals surface area contributed by atoms with Gasteiger partial charge in [0.15, 0.2) is 17.3 Å². The van der Waals surface area contributed by atoms with E-state index < -0.39 is 5.97 Å². The number of nitrogens with zero attached hydrogens (tertiary/aromatic N) is 4. The predicted octanol–water partition coefficient (Wildman–Crippen LogP) is 1.88. The molecule has 0 spiro atoms. The summed E-state index contributed by atoms with van der Waals surface area (Å²) >= 11 is 0. The Morgan fingerprint density at radius 2 is 2.07 bits per heavy atom. The first-order valence-electron chi connectivity index (χ1n) is 9.45. The van der Waals surface area contributed by atoms with Crippen LogP contribution < -0.4 is 15.2 Å². The zero-order chi connectivity index (χ0) is 20.0. The second-order valence-corrected chi connectivity index (χ2v) is 6.98. The van der Waals surface area contributed by atoms with Gasteiger partial charge in [0.25, 0.3) is 0 Å². The molecule has 29 heavy (non-hydrogen) atoms. The molecule has 0 saturated heterocycles. The highest BCUT2D eigenvalue weighted by atomic mass is 16.7. The fraction of sp³-hybridized carbons (Fsp3) is 0.300. The highest BCUT2D eigenvalue weighted by Crippen LogP contribution is 2.37. The minimum absolute atomic E-state index is 0.200. The molecule has 0 fully saturated rings. The van der Waals surface area contributed by atoms with Gasteiger partial charge in [-0.1, -0.05) is 0 Å². The first-order chi connectivity index (χ1) is 14.2. The lowest BCUT2D eigenvalue weighted by Gasteiger charge is -2.15.